The number of methoxy groups -OCH3 is 1. The molecule has 0 aromatic carbocycles. The van der Waals surface area contributed by atoms with Gasteiger partial charge in [0.2, 0.25) is 11.7 Å². The van der Waals surface area contributed by atoms with Gasteiger partial charge in [0.05, 0.1) is 6.04 Å². The first-order chi connectivity index (χ1) is 9.13. The summed E-state index contributed by atoms with van der Waals surface area (Å²) in [5.74, 6) is 1.95. The summed E-state index contributed by atoms with van der Waals surface area (Å²) in [4.78, 5) is 4.45. The first kappa shape index (κ1) is 14.5. The van der Waals surface area contributed by atoms with Gasteiger partial charge in [0.15, 0.2) is 0 Å². The third-order valence-electron chi connectivity index (χ3n) is 4.05. The van der Waals surface area contributed by atoms with Gasteiger partial charge in [-0.25, -0.2) is 0 Å². The van der Waals surface area contributed by atoms with E-state index in [0.29, 0.717) is 17.6 Å². The molecule has 2 N–H and O–H groups in total. The minimum Gasteiger partial charge on any atom is -0.373 e. The maximum atomic E-state index is 6.03. The fraction of sp³-hybridized carbons (Fsp3) is 0.857. The molecular formula is C14H25N3O2. The Morgan fingerprint density at radius 3 is 2.53 bits per heavy atom. The number of nitrogens with two attached hydrogens (primary N) is 1. The fourth-order valence-corrected chi connectivity index (χ4v) is 2.73. The van der Waals surface area contributed by atoms with Crippen LogP contribution in [0.2, 0.25) is 0 Å². The van der Waals surface area contributed by atoms with Gasteiger partial charge in [0.25, 0.3) is 0 Å². The molecule has 19 heavy (non-hydrogen) atoms. The van der Waals surface area contributed by atoms with Crippen LogP contribution in [0.15, 0.2) is 4.52 Å². The molecule has 0 radical (unpaired) electrons. The average molecular weight is 267 g/mol. The van der Waals surface area contributed by atoms with Crippen LogP contribution < -0.4 is 5.73 Å². The molecule has 1 aliphatic rings. The maximum Gasteiger partial charge on any atom is 0.243 e. The van der Waals surface area contributed by atoms with Crippen molar-refractivity contribution >= 4 is 0 Å². The predicted octanol–water partition coefficient (Wildman–Crippen LogP) is 2.99. The molecule has 1 saturated carbocycles. The first-order valence-electron chi connectivity index (χ1n) is 7.25. The predicted molar refractivity (Wildman–Crippen MR) is 72.4 cm³/mol. The average Bonchev–Trinajstić information content (AvgIpc) is 2.89. The highest BCUT2D eigenvalue weighted by Gasteiger charge is 2.30. The van der Waals surface area contributed by atoms with Gasteiger partial charge in [-0.2, -0.15) is 4.98 Å². The Morgan fingerprint density at radius 2 is 1.95 bits per heavy atom. The zero-order valence-corrected chi connectivity index (χ0v) is 12.1. The highest BCUT2D eigenvalue weighted by Crippen LogP contribution is 2.35. The standard InChI is InChI=1S/C14H25N3O2/c1-9(2)11(15)14-16-13(17-19-14)12(18-3)10-7-5-4-6-8-10/h9-12H,4-8,15H2,1-3H3/t11-,12?/m0/s1. The Kier molecular flexibility index (Phi) is 4.93. The number of nitrogens with zero attached hydrogens (tertiary/aromatic N) is 2. The molecule has 1 unspecified atom stereocenters. The molecule has 2 rings (SSSR count). The number of hydrogen-bond donors (Lipinski definition) is 1. The first-order valence-corrected chi connectivity index (χ1v) is 7.25. The molecule has 1 heterocycles. The van der Waals surface area contributed by atoms with Crippen molar-refractivity contribution in [1.82, 2.24) is 10.1 Å². The smallest absolute Gasteiger partial charge is 0.243 e. The van der Waals surface area contributed by atoms with Crippen LogP contribution in [0.25, 0.3) is 0 Å². The van der Waals surface area contributed by atoms with Crippen LogP contribution in [0.4, 0.5) is 0 Å². The molecule has 1 aromatic heterocycles. The second-order valence-electron chi connectivity index (χ2n) is 5.82. The molecule has 108 valence electrons. The van der Waals surface area contributed by atoms with Crippen LogP contribution in [-0.4, -0.2) is 17.3 Å². The summed E-state index contributed by atoms with van der Waals surface area (Å²) in [5, 5.41) is 4.07. The van der Waals surface area contributed by atoms with Crippen molar-refractivity contribution in [3.05, 3.63) is 11.7 Å². The van der Waals surface area contributed by atoms with Gasteiger partial charge in [0, 0.05) is 7.11 Å². The highest BCUT2D eigenvalue weighted by atomic mass is 16.5. The molecule has 5 nitrogen and oxygen atoms in total. The van der Waals surface area contributed by atoms with E-state index in [1.165, 1.54) is 32.1 Å². The summed E-state index contributed by atoms with van der Waals surface area (Å²) in [6.07, 6.45) is 6.15. The quantitative estimate of drug-likeness (QED) is 0.887. The number of hydrogen-bond acceptors (Lipinski definition) is 5. The van der Waals surface area contributed by atoms with Crippen LogP contribution in [0, 0.1) is 11.8 Å². The van der Waals surface area contributed by atoms with Crippen molar-refractivity contribution < 1.29 is 9.26 Å². The summed E-state index contributed by atoms with van der Waals surface area (Å²) in [7, 11) is 1.72. The van der Waals surface area contributed by atoms with E-state index in [1.807, 2.05) is 13.8 Å². The molecule has 2 atom stereocenters. The van der Waals surface area contributed by atoms with Crippen molar-refractivity contribution in [3.8, 4) is 0 Å². The van der Waals surface area contributed by atoms with E-state index >= 15 is 0 Å². The Hall–Kier alpha value is -0.940. The molecule has 0 aliphatic heterocycles. The minimum atomic E-state index is -0.204. The molecule has 1 fully saturated rings. The van der Waals surface area contributed by atoms with E-state index in [2.05, 4.69) is 10.1 Å². The summed E-state index contributed by atoms with van der Waals surface area (Å²) in [6.45, 7) is 4.09. The topological polar surface area (TPSA) is 74.2 Å². The minimum absolute atomic E-state index is 0.0582. The van der Waals surface area contributed by atoms with Gasteiger partial charge in [-0.3, -0.25) is 0 Å². The Labute approximate surface area is 114 Å². The van der Waals surface area contributed by atoms with Gasteiger partial charge < -0.3 is 15.0 Å². The Morgan fingerprint density at radius 1 is 1.26 bits per heavy atom. The van der Waals surface area contributed by atoms with E-state index < -0.39 is 0 Å². The van der Waals surface area contributed by atoms with E-state index in [4.69, 9.17) is 15.0 Å². The van der Waals surface area contributed by atoms with E-state index in [-0.39, 0.29) is 18.1 Å². The lowest BCUT2D eigenvalue weighted by molar-refractivity contribution is 0.0273. The van der Waals surface area contributed by atoms with Crippen LogP contribution in [0.3, 0.4) is 0 Å². The maximum absolute atomic E-state index is 6.03. The van der Waals surface area contributed by atoms with E-state index in [1.54, 1.807) is 7.11 Å². The van der Waals surface area contributed by atoms with Gasteiger partial charge >= 0.3 is 0 Å². The van der Waals surface area contributed by atoms with Crippen molar-refractivity contribution in [1.29, 1.82) is 0 Å². The van der Waals surface area contributed by atoms with Gasteiger partial charge in [0.1, 0.15) is 6.10 Å². The zero-order chi connectivity index (χ0) is 13.8. The summed E-state index contributed by atoms with van der Waals surface area (Å²) >= 11 is 0. The summed E-state index contributed by atoms with van der Waals surface area (Å²) in [5.41, 5.74) is 6.03. The van der Waals surface area contributed by atoms with Crippen LogP contribution in [-0.2, 0) is 4.74 Å². The monoisotopic (exact) mass is 267 g/mol. The summed E-state index contributed by atoms with van der Waals surface area (Å²) < 4.78 is 10.9. The second-order valence-corrected chi connectivity index (χ2v) is 5.82. The molecule has 1 aromatic rings. The molecular weight excluding hydrogens is 242 g/mol. The molecule has 5 heteroatoms. The Balaban J connectivity index is 2.10. The van der Waals surface area contributed by atoms with Crippen LogP contribution in [0.5, 0.6) is 0 Å². The number of rotatable bonds is 5. The zero-order valence-electron chi connectivity index (χ0n) is 12.1. The molecule has 0 bridgehead atoms. The van der Waals surface area contributed by atoms with Crippen molar-refractivity contribution in [2.45, 2.75) is 58.1 Å². The normalized spacial score (nSPS) is 20.7. The lowest BCUT2D eigenvalue weighted by atomic mass is 9.85. The van der Waals surface area contributed by atoms with Crippen molar-refractivity contribution in [2.75, 3.05) is 7.11 Å². The molecule has 0 saturated heterocycles. The number of aromatic nitrogens is 2. The fourth-order valence-electron chi connectivity index (χ4n) is 2.73. The lowest BCUT2D eigenvalue weighted by Gasteiger charge is -2.26. The highest BCUT2D eigenvalue weighted by molar-refractivity contribution is 4.98. The number of ether oxygens (including phenoxy) is 1. The van der Waals surface area contributed by atoms with E-state index in [0.717, 1.165) is 0 Å². The van der Waals surface area contributed by atoms with Crippen LogP contribution >= 0.6 is 0 Å². The molecule has 1 aliphatic carbocycles. The molecule has 0 spiro atoms. The van der Waals surface area contributed by atoms with Crippen molar-refractivity contribution in [3.63, 3.8) is 0 Å². The SMILES string of the molecule is COC(c1noc([C@@H](N)C(C)C)n1)C1CCCCC1. The van der Waals surface area contributed by atoms with Gasteiger partial charge in [-0.1, -0.05) is 38.3 Å². The largest absolute Gasteiger partial charge is 0.373 e. The van der Waals surface area contributed by atoms with Gasteiger partial charge in [-0.05, 0) is 24.7 Å². The molecule has 0 amide bonds. The third-order valence-corrected chi connectivity index (χ3v) is 4.05. The van der Waals surface area contributed by atoms with Crippen LogP contribution in [0.1, 0.15) is 69.8 Å². The Bertz CT molecular complexity index is 386. The van der Waals surface area contributed by atoms with E-state index in [9.17, 15) is 0 Å². The van der Waals surface area contributed by atoms with Crippen molar-refractivity contribution in [2.24, 2.45) is 17.6 Å². The lowest BCUT2D eigenvalue weighted by Crippen LogP contribution is -2.20. The second kappa shape index (κ2) is 6.48. The summed E-state index contributed by atoms with van der Waals surface area (Å²) in [6, 6.07) is -0.204. The third kappa shape index (κ3) is 3.34. The van der Waals surface area contributed by atoms with Gasteiger partial charge in [-0.15, -0.1) is 0 Å².